The average molecular weight is 404 g/mol. The topological polar surface area (TPSA) is 67.2 Å². The van der Waals surface area contributed by atoms with Gasteiger partial charge >= 0.3 is 0 Å². The molecule has 0 aliphatic carbocycles. The number of aromatic nitrogens is 2. The summed E-state index contributed by atoms with van der Waals surface area (Å²) >= 11 is 0. The van der Waals surface area contributed by atoms with Crippen molar-refractivity contribution in [2.24, 2.45) is 7.05 Å². The molecule has 2 aliphatic rings. The molecule has 1 fully saturated rings. The van der Waals surface area contributed by atoms with Crippen LogP contribution < -0.4 is 5.32 Å². The van der Waals surface area contributed by atoms with Crippen molar-refractivity contribution in [3.8, 4) is 0 Å². The first-order valence-corrected chi connectivity index (χ1v) is 9.89. The maximum Gasteiger partial charge on any atom is 0.257 e. The lowest BCUT2D eigenvalue weighted by Crippen LogP contribution is -2.42. The molecule has 0 radical (unpaired) electrons. The summed E-state index contributed by atoms with van der Waals surface area (Å²) in [6, 6.07) is 13.1. The Hall–Kier alpha value is -3.48. The molecule has 0 unspecified atom stereocenters. The fourth-order valence-electron chi connectivity index (χ4n) is 4.98. The van der Waals surface area contributed by atoms with Gasteiger partial charge in [-0.2, -0.15) is 5.10 Å². The smallest absolute Gasteiger partial charge is 0.257 e. The molecule has 1 N–H and O–H groups in total. The molecule has 2 aromatic carbocycles. The highest BCUT2D eigenvalue weighted by Gasteiger charge is 2.59. The molecular formula is C23H21FN4O2. The molecular weight excluding hydrogens is 383 g/mol. The van der Waals surface area contributed by atoms with E-state index in [2.05, 4.69) is 10.4 Å². The molecule has 3 aromatic rings. The number of likely N-dealkylation sites (tertiary alicyclic amines) is 1. The Labute approximate surface area is 173 Å². The minimum absolute atomic E-state index is 0.128. The predicted molar refractivity (Wildman–Crippen MR) is 109 cm³/mol. The number of aryl methyl sites for hydroxylation is 2. The first-order chi connectivity index (χ1) is 14.4. The number of carbonyl (C=O) groups is 2. The lowest BCUT2D eigenvalue weighted by molar-refractivity contribution is -0.121. The van der Waals surface area contributed by atoms with Gasteiger partial charge in [-0.05, 0) is 42.7 Å². The van der Waals surface area contributed by atoms with Crippen molar-refractivity contribution in [3.63, 3.8) is 0 Å². The van der Waals surface area contributed by atoms with Crippen LogP contribution in [0.5, 0.6) is 0 Å². The number of anilines is 1. The van der Waals surface area contributed by atoms with Crippen LogP contribution in [0.25, 0.3) is 0 Å². The second-order valence-corrected chi connectivity index (χ2v) is 7.98. The molecule has 2 atom stereocenters. The SMILES string of the molecule is Cc1nn(C)cc1C(=O)N1CC[C@]2(C(=O)Nc3ccccc32)[C@@H]1c1ccc(F)cc1. The lowest BCUT2D eigenvalue weighted by Gasteiger charge is -2.34. The van der Waals surface area contributed by atoms with Gasteiger partial charge in [0.1, 0.15) is 11.2 Å². The third-order valence-electron chi connectivity index (χ3n) is 6.28. The molecule has 2 aliphatic heterocycles. The molecule has 7 heteroatoms. The Morgan fingerprint density at radius 1 is 1.20 bits per heavy atom. The minimum atomic E-state index is -0.916. The highest BCUT2D eigenvalue weighted by Crippen LogP contribution is 2.55. The normalized spacial score (nSPS) is 22.4. The Bertz CT molecular complexity index is 1170. The van der Waals surface area contributed by atoms with Crippen molar-refractivity contribution in [2.75, 3.05) is 11.9 Å². The zero-order valence-corrected chi connectivity index (χ0v) is 16.7. The van der Waals surface area contributed by atoms with E-state index in [1.165, 1.54) is 12.1 Å². The molecule has 0 saturated carbocycles. The predicted octanol–water partition coefficient (Wildman–Crippen LogP) is 3.34. The summed E-state index contributed by atoms with van der Waals surface area (Å²) in [5.74, 6) is -0.664. The van der Waals surface area contributed by atoms with Crippen LogP contribution in [0.3, 0.4) is 0 Å². The van der Waals surface area contributed by atoms with E-state index in [1.807, 2.05) is 24.3 Å². The van der Waals surface area contributed by atoms with Crippen molar-refractivity contribution in [2.45, 2.75) is 24.8 Å². The quantitative estimate of drug-likeness (QED) is 0.712. The summed E-state index contributed by atoms with van der Waals surface area (Å²) in [4.78, 5) is 28.6. The van der Waals surface area contributed by atoms with Crippen LogP contribution in [0.4, 0.5) is 10.1 Å². The van der Waals surface area contributed by atoms with Gasteiger partial charge in [0.2, 0.25) is 5.91 Å². The molecule has 1 saturated heterocycles. The lowest BCUT2D eigenvalue weighted by atomic mass is 9.72. The van der Waals surface area contributed by atoms with Crippen LogP contribution in [0.1, 0.15) is 39.6 Å². The molecule has 0 bridgehead atoms. The van der Waals surface area contributed by atoms with Crippen molar-refractivity contribution < 1.29 is 14.0 Å². The van der Waals surface area contributed by atoms with Crippen LogP contribution in [-0.4, -0.2) is 33.0 Å². The first-order valence-electron chi connectivity index (χ1n) is 9.89. The summed E-state index contributed by atoms with van der Waals surface area (Å²) in [6.07, 6.45) is 2.19. The van der Waals surface area contributed by atoms with E-state index in [-0.39, 0.29) is 17.6 Å². The van der Waals surface area contributed by atoms with E-state index in [0.717, 1.165) is 16.8 Å². The van der Waals surface area contributed by atoms with Crippen LogP contribution in [0.2, 0.25) is 0 Å². The third-order valence-corrected chi connectivity index (χ3v) is 6.28. The molecule has 30 heavy (non-hydrogen) atoms. The number of nitrogens with zero attached hydrogens (tertiary/aromatic N) is 3. The van der Waals surface area contributed by atoms with Gasteiger partial charge in [-0.1, -0.05) is 30.3 Å². The van der Waals surface area contributed by atoms with Crippen LogP contribution in [0.15, 0.2) is 54.7 Å². The third kappa shape index (κ3) is 2.51. The zero-order chi connectivity index (χ0) is 21.0. The fraction of sp³-hybridized carbons (Fsp3) is 0.261. The van der Waals surface area contributed by atoms with Gasteiger partial charge in [0.05, 0.1) is 17.3 Å². The Balaban J connectivity index is 1.68. The second kappa shape index (κ2) is 6.52. The number of para-hydroxylation sites is 1. The van der Waals surface area contributed by atoms with Crippen LogP contribution in [-0.2, 0) is 17.3 Å². The highest BCUT2D eigenvalue weighted by atomic mass is 19.1. The zero-order valence-electron chi connectivity index (χ0n) is 16.7. The van der Waals surface area contributed by atoms with E-state index in [1.54, 1.807) is 41.9 Å². The number of amides is 2. The van der Waals surface area contributed by atoms with E-state index in [4.69, 9.17) is 0 Å². The molecule has 2 amide bonds. The number of halogens is 1. The van der Waals surface area contributed by atoms with Crippen molar-refractivity contribution in [3.05, 3.63) is 82.9 Å². The maximum atomic E-state index is 13.7. The van der Waals surface area contributed by atoms with Gasteiger partial charge in [0.15, 0.2) is 0 Å². The number of hydrogen-bond acceptors (Lipinski definition) is 3. The second-order valence-electron chi connectivity index (χ2n) is 7.98. The van der Waals surface area contributed by atoms with Gasteiger partial charge in [-0.25, -0.2) is 4.39 Å². The fourth-order valence-corrected chi connectivity index (χ4v) is 4.98. The van der Waals surface area contributed by atoms with Gasteiger partial charge in [-0.15, -0.1) is 0 Å². The van der Waals surface area contributed by atoms with Gasteiger partial charge in [0.25, 0.3) is 5.91 Å². The number of carbonyl (C=O) groups excluding carboxylic acids is 2. The molecule has 1 aromatic heterocycles. The van der Waals surface area contributed by atoms with E-state index < -0.39 is 11.5 Å². The standard InChI is InChI=1S/C23H21FN4O2/c1-14-17(13-27(2)26-14)21(29)28-12-11-23(20(28)15-7-9-16(24)10-8-15)18-5-3-4-6-19(18)25-22(23)30/h3-10,13,20H,11-12H2,1-2H3,(H,25,30)/t20-,23+/m0/s1. The Morgan fingerprint density at radius 3 is 2.63 bits per heavy atom. The molecule has 5 rings (SSSR count). The largest absolute Gasteiger partial charge is 0.330 e. The van der Waals surface area contributed by atoms with Crippen molar-refractivity contribution in [1.82, 2.24) is 14.7 Å². The highest BCUT2D eigenvalue weighted by molar-refractivity contribution is 6.08. The molecule has 152 valence electrons. The van der Waals surface area contributed by atoms with Crippen LogP contribution in [0, 0.1) is 12.7 Å². The summed E-state index contributed by atoms with van der Waals surface area (Å²) in [5, 5.41) is 7.28. The van der Waals surface area contributed by atoms with Gasteiger partial charge in [0, 0.05) is 25.5 Å². The summed E-state index contributed by atoms with van der Waals surface area (Å²) in [6.45, 7) is 2.21. The average Bonchev–Trinajstić information content (AvgIpc) is 3.37. The monoisotopic (exact) mass is 404 g/mol. The minimum Gasteiger partial charge on any atom is -0.330 e. The number of fused-ring (bicyclic) bond motifs is 2. The maximum absolute atomic E-state index is 13.7. The Kier molecular flexibility index (Phi) is 4.03. The number of benzene rings is 2. The summed E-state index contributed by atoms with van der Waals surface area (Å²) in [5.41, 5.74) is 2.60. The van der Waals surface area contributed by atoms with Crippen molar-refractivity contribution >= 4 is 17.5 Å². The summed E-state index contributed by atoms with van der Waals surface area (Å²) < 4.78 is 15.3. The van der Waals surface area contributed by atoms with E-state index >= 15 is 0 Å². The molecule has 3 heterocycles. The van der Waals surface area contributed by atoms with Crippen molar-refractivity contribution in [1.29, 1.82) is 0 Å². The van der Waals surface area contributed by atoms with E-state index in [0.29, 0.717) is 24.2 Å². The number of nitrogens with one attached hydrogen (secondary N) is 1. The van der Waals surface area contributed by atoms with Crippen LogP contribution >= 0.6 is 0 Å². The van der Waals surface area contributed by atoms with Gasteiger partial charge in [-0.3, -0.25) is 14.3 Å². The molecule has 1 spiro atoms. The Morgan fingerprint density at radius 2 is 1.93 bits per heavy atom. The number of hydrogen-bond donors (Lipinski definition) is 1. The summed E-state index contributed by atoms with van der Waals surface area (Å²) in [7, 11) is 1.77. The van der Waals surface area contributed by atoms with Gasteiger partial charge < -0.3 is 10.2 Å². The molecule has 6 nitrogen and oxygen atoms in total. The number of rotatable bonds is 2. The van der Waals surface area contributed by atoms with E-state index in [9.17, 15) is 14.0 Å². The first kappa shape index (κ1) is 18.5.